The number of fused-ring (bicyclic) bond motifs is 1. The summed E-state index contributed by atoms with van der Waals surface area (Å²) in [6, 6.07) is 59.3. The number of carbonyl (C=O) groups excluding carboxylic acids is 4. The molecule has 0 unspecified atom stereocenters. The molecule has 0 bridgehead atoms. The zero-order chi connectivity index (χ0) is 63.4. The molecule has 11 rings (SSSR count). The molecule has 10 aromatic carbocycles. The predicted octanol–water partition coefficient (Wildman–Crippen LogP) is 17.7. The molecule has 0 atom stereocenters. The van der Waals surface area contributed by atoms with Crippen LogP contribution in [0.4, 0.5) is 26.3 Å². The maximum atomic E-state index is 15.2. The lowest BCUT2D eigenvalue weighted by Crippen LogP contribution is -2.54. The molecule has 0 fully saturated rings. The van der Waals surface area contributed by atoms with Gasteiger partial charge in [-0.2, -0.15) is 34.8 Å². The van der Waals surface area contributed by atoms with E-state index in [9.17, 15) is 27.6 Å². The highest BCUT2D eigenvalue weighted by Gasteiger charge is 2.72. The van der Waals surface area contributed by atoms with E-state index in [2.05, 4.69) is 6.07 Å². The number of benzene rings is 10. The number of thiazole rings is 1. The lowest BCUT2D eigenvalue weighted by atomic mass is 9.73. The third-order valence-corrected chi connectivity index (χ3v) is 15.5. The van der Waals surface area contributed by atoms with Crippen LogP contribution in [-0.2, 0) is 15.5 Å². The maximum Gasteiger partial charge on any atom is 0.411 e. The number of ketones is 4. The van der Waals surface area contributed by atoms with Crippen LogP contribution in [-0.4, -0.2) is 59.7 Å². The Morgan fingerprint density at radius 1 is 0.427 bits per heavy atom. The molecule has 10 nitrogen and oxygen atoms in total. The summed E-state index contributed by atoms with van der Waals surface area (Å²) < 4.78 is 130. The van der Waals surface area contributed by atoms with Crippen LogP contribution >= 0.6 is 11.3 Å². The summed E-state index contributed by atoms with van der Waals surface area (Å²) in [5.41, 5.74) is 1.65. The van der Waals surface area contributed by atoms with Crippen LogP contribution in [0.15, 0.2) is 237 Å². The number of nitrogens with zero attached hydrogens (tertiary/aromatic N) is 1. The van der Waals surface area contributed by atoms with Gasteiger partial charge in [0.2, 0.25) is 5.41 Å². The largest absolute Gasteiger partial charge is 0.457 e. The number of rotatable bonds is 16. The average Bonchev–Trinajstić information content (AvgIpc) is 1.10. The number of hydrogen-bond donors (Lipinski definition) is 1. The van der Waals surface area contributed by atoms with Gasteiger partial charge in [0, 0.05) is 50.1 Å². The van der Waals surface area contributed by atoms with E-state index in [1.807, 2.05) is 74.5 Å². The van der Waals surface area contributed by atoms with E-state index in [1.54, 1.807) is 72.0 Å². The van der Waals surface area contributed by atoms with Gasteiger partial charge in [0.1, 0.15) is 28.0 Å². The van der Waals surface area contributed by atoms with Crippen LogP contribution in [0.3, 0.4) is 0 Å². The van der Waals surface area contributed by atoms with Crippen molar-refractivity contribution in [2.75, 3.05) is 6.26 Å². The minimum absolute atomic E-state index is 0.0774. The number of alkyl halides is 6. The highest BCUT2D eigenvalue weighted by Crippen LogP contribution is 2.56. The molecule has 0 aliphatic carbocycles. The molecular weight excluding hydrogens is 1190 g/mol. The fraction of sp³-hybridized carbons (Fsp3) is 0.0845. The molecule has 0 aliphatic rings. The molecule has 1 aromatic heterocycles. The Balaban J connectivity index is 0.00000168. The van der Waals surface area contributed by atoms with Gasteiger partial charge in [-0.1, -0.05) is 139 Å². The summed E-state index contributed by atoms with van der Waals surface area (Å²) >= 11 is 1.63. The van der Waals surface area contributed by atoms with E-state index in [0.717, 1.165) is 67.3 Å². The minimum Gasteiger partial charge on any atom is -0.457 e. The zero-order valence-corrected chi connectivity index (χ0v) is 48.9. The lowest BCUT2D eigenvalue weighted by Gasteiger charge is -2.38. The van der Waals surface area contributed by atoms with E-state index in [-0.39, 0.29) is 56.8 Å². The van der Waals surface area contributed by atoms with Crippen molar-refractivity contribution in [1.82, 2.24) is 4.98 Å². The van der Waals surface area contributed by atoms with E-state index in [0.29, 0.717) is 52.8 Å². The van der Waals surface area contributed by atoms with Crippen LogP contribution in [0, 0.1) is 13.8 Å². The number of para-hydroxylation sites is 1. The molecule has 0 radical (unpaired) electrons. The average molecular weight is 1240 g/mol. The van der Waals surface area contributed by atoms with Gasteiger partial charge in [0.15, 0.2) is 23.1 Å². The van der Waals surface area contributed by atoms with Gasteiger partial charge in [-0.25, -0.2) is 4.98 Å². The fourth-order valence-electron chi connectivity index (χ4n) is 9.96. The van der Waals surface area contributed by atoms with Gasteiger partial charge in [0.05, 0.1) is 16.5 Å². The lowest BCUT2D eigenvalue weighted by molar-refractivity contribution is -0.288. The van der Waals surface area contributed by atoms with Crippen molar-refractivity contribution >= 4 is 54.8 Å². The second kappa shape index (κ2) is 25.3. The topological polar surface area (TPSA) is 154 Å². The predicted molar refractivity (Wildman–Crippen MR) is 329 cm³/mol. The van der Waals surface area contributed by atoms with Crippen molar-refractivity contribution in [3.63, 3.8) is 0 Å². The molecule has 0 saturated heterocycles. The zero-order valence-electron chi connectivity index (χ0n) is 47.3. The van der Waals surface area contributed by atoms with Crippen molar-refractivity contribution in [3.8, 4) is 44.7 Å². The van der Waals surface area contributed by atoms with Crippen molar-refractivity contribution in [2.24, 2.45) is 0 Å². The first-order chi connectivity index (χ1) is 42.3. The quantitative estimate of drug-likeness (QED) is 0.0562. The molecule has 89 heavy (non-hydrogen) atoms. The minimum atomic E-state index is -5.88. The third kappa shape index (κ3) is 13.9. The molecule has 18 heteroatoms. The fourth-order valence-corrected chi connectivity index (χ4v) is 11.0. The molecule has 0 aliphatic heterocycles. The van der Waals surface area contributed by atoms with E-state index in [4.69, 9.17) is 19.0 Å². The Bertz CT molecular complexity index is 4510. The van der Waals surface area contributed by atoms with Gasteiger partial charge < -0.3 is 9.47 Å². The number of ether oxygens (including phenoxy) is 2. The number of aromatic nitrogens is 1. The van der Waals surface area contributed by atoms with Gasteiger partial charge in [0.25, 0.3) is 10.1 Å². The van der Waals surface area contributed by atoms with Crippen LogP contribution in [0.1, 0.15) is 85.9 Å². The Hall–Kier alpha value is -10.1. The summed E-state index contributed by atoms with van der Waals surface area (Å²) in [6.07, 6.45) is -11.0. The maximum absolute atomic E-state index is 15.2. The molecule has 11 aromatic rings. The Morgan fingerprint density at radius 2 is 0.775 bits per heavy atom. The van der Waals surface area contributed by atoms with Crippen LogP contribution in [0.25, 0.3) is 31.9 Å². The molecule has 0 spiro atoms. The second-order valence-corrected chi connectivity index (χ2v) is 23.2. The van der Waals surface area contributed by atoms with Crippen LogP contribution in [0.5, 0.6) is 23.0 Å². The second-order valence-electron chi connectivity index (χ2n) is 20.7. The van der Waals surface area contributed by atoms with Crippen LogP contribution in [0.2, 0.25) is 0 Å². The van der Waals surface area contributed by atoms with Gasteiger partial charge in [-0.05, 0) is 145 Å². The van der Waals surface area contributed by atoms with Crippen molar-refractivity contribution in [3.05, 3.63) is 303 Å². The third-order valence-electron chi connectivity index (χ3n) is 14.5. The molecule has 446 valence electrons. The highest BCUT2D eigenvalue weighted by atomic mass is 32.2. The summed E-state index contributed by atoms with van der Waals surface area (Å²) in [4.78, 5) is 58.8. The molecule has 1 N–H and O–H groups in total. The number of halogens is 6. The first-order valence-corrected chi connectivity index (χ1v) is 29.8. The van der Waals surface area contributed by atoms with Crippen LogP contribution < -0.4 is 9.47 Å². The SMILES string of the molecule is CS(=O)(=O)O.Cc1ccc(C(=O)c2cccc(C(=O)c3ccc(Oc4ccc(C(c5ccc(Oc6ccc(C(=O)c7cccc(C(=O)c8ccc(-c9ccc(C)c(-c%10nc%11ccccc%11s%10)c9)cc8)c7)cc6)cc5)(C(F)(F)F)C(F)(F)F)cc4)cc3)c2)cc1. The first kappa shape index (κ1) is 61.9. The van der Waals surface area contributed by atoms with Crippen molar-refractivity contribution in [1.29, 1.82) is 0 Å². The van der Waals surface area contributed by atoms with E-state index >= 15 is 26.3 Å². The van der Waals surface area contributed by atoms with Gasteiger partial charge in [-0.3, -0.25) is 23.7 Å². The first-order valence-electron chi connectivity index (χ1n) is 27.2. The van der Waals surface area contributed by atoms with Crippen molar-refractivity contribution < 1.29 is 68.0 Å². The van der Waals surface area contributed by atoms with E-state index in [1.165, 1.54) is 60.7 Å². The molecular formula is C71H49F6NO9S2. The summed E-state index contributed by atoms with van der Waals surface area (Å²) in [7, 11) is -3.67. The monoisotopic (exact) mass is 1240 g/mol. The number of aryl methyl sites for hydroxylation is 2. The summed E-state index contributed by atoms with van der Waals surface area (Å²) in [5, 5.41) is 0.920. The Labute approximate surface area is 511 Å². The summed E-state index contributed by atoms with van der Waals surface area (Å²) in [5.74, 6) is -1.24. The Kier molecular flexibility index (Phi) is 17.6. The Morgan fingerprint density at radius 3 is 1.16 bits per heavy atom. The standard InChI is InChI=1S/C70H45F6NO6S.CH4O3S/c1-42-13-16-45(17-14-42)63(78)50-7-5-9-52(39-50)65(80)47-23-31-56(32-24-47)82-58-35-27-54(28-36-58)68(69(71,72)73,70(74,75)76)55-29-37-59(38-30-55)83-57-33-25-48(26-34-57)66(81)53-10-6-8-51(40-53)64(79)46-21-19-44(20-22-46)49-18-15-43(2)60(41-49)67-77-61-11-3-4-12-62(61)84-67;1-5(2,3)4/h3-41H,1-2H3;1H3,(H,2,3,4). The van der Waals surface area contributed by atoms with Crippen molar-refractivity contribution in [2.45, 2.75) is 31.6 Å². The normalized spacial score (nSPS) is 11.8. The number of hydrogen-bond acceptors (Lipinski definition) is 10. The summed E-state index contributed by atoms with van der Waals surface area (Å²) in [6.45, 7) is 3.94. The van der Waals surface area contributed by atoms with Gasteiger partial charge >= 0.3 is 12.4 Å². The number of carbonyl (C=O) groups is 4. The van der Waals surface area contributed by atoms with E-state index < -0.39 is 50.6 Å². The highest BCUT2D eigenvalue weighted by molar-refractivity contribution is 7.85. The van der Waals surface area contributed by atoms with Gasteiger partial charge in [-0.15, -0.1) is 11.3 Å². The molecule has 0 amide bonds. The smallest absolute Gasteiger partial charge is 0.411 e. The molecule has 0 saturated carbocycles. The molecule has 1 heterocycles.